The van der Waals surface area contributed by atoms with Gasteiger partial charge in [-0.1, -0.05) is 44.2 Å². The van der Waals surface area contributed by atoms with Crippen LogP contribution in [0.4, 0.5) is 0 Å². The van der Waals surface area contributed by atoms with Crippen LogP contribution in [0.3, 0.4) is 0 Å². The lowest BCUT2D eigenvalue weighted by Gasteiger charge is -2.22. The number of hydrogen-bond donors (Lipinski definition) is 2. The van der Waals surface area contributed by atoms with Gasteiger partial charge < -0.3 is 10.4 Å². The fourth-order valence-corrected chi connectivity index (χ4v) is 2.13. The van der Waals surface area contributed by atoms with Crippen molar-refractivity contribution >= 4 is 5.91 Å². The molecule has 19 heavy (non-hydrogen) atoms. The summed E-state index contributed by atoms with van der Waals surface area (Å²) in [4.78, 5) is 12.0. The minimum Gasteiger partial charge on any atom is -0.391 e. The first kappa shape index (κ1) is 15.7. The van der Waals surface area contributed by atoms with Crippen LogP contribution in [0.1, 0.15) is 39.2 Å². The van der Waals surface area contributed by atoms with Crippen LogP contribution < -0.4 is 5.32 Å². The van der Waals surface area contributed by atoms with E-state index in [-0.39, 0.29) is 17.9 Å². The molecule has 0 radical (unpaired) electrons. The van der Waals surface area contributed by atoms with Crippen LogP contribution in [0.5, 0.6) is 0 Å². The molecule has 0 saturated carbocycles. The fraction of sp³-hybridized carbons (Fsp3) is 0.562. The molecule has 0 bridgehead atoms. The molecule has 2 atom stereocenters. The van der Waals surface area contributed by atoms with E-state index in [1.54, 1.807) is 0 Å². The molecule has 0 fully saturated rings. The Kier molecular flexibility index (Phi) is 6.57. The second-order valence-corrected chi connectivity index (χ2v) is 5.07. The van der Waals surface area contributed by atoms with Crippen molar-refractivity contribution in [1.29, 1.82) is 0 Å². The van der Waals surface area contributed by atoms with Gasteiger partial charge in [0.2, 0.25) is 5.91 Å². The summed E-state index contributed by atoms with van der Waals surface area (Å²) in [6.45, 7) is 5.88. The van der Waals surface area contributed by atoms with Crippen molar-refractivity contribution in [2.75, 3.05) is 0 Å². The highest BCUT2D eigenvalue weighted by molar-refractivity contribution is 5.78. The first-order chi connectivity index (χ1) is 9.08. The van der Waals surface area contributed by atoms with Crippen molar-refractivity contribution in [2.24, 2.45) is 5.92 Å². The summed E-state index contributed by atoms with van der Waals surface area (Å²) in [7, 11) is 0. The van der Waals surface area contributed by atoms with Crippen LogP contribution in [0.2, 0.25) is 0 Å². The zero-order valence-corrected chi connectivity index (χ0v) is 12.1. The van der Waals surface area contributed by atoms with Gasteiger partial charge >= 0.3 is 0 Å². The number of carbonyl (C=O) groups is 1. The number of amides is 1. The summed E-state index contributed by atoms with van der Waals surface area (Å²) < 4.78 is 0. The number of rotatable bonds is 7. The summed E-state index contributed by atoms with van der Waals surface area (Å²) in [6.07, 6.45) is 1.68. The second-order valence-electron chi connectivity index (χ2n) is 5.07. The van der Waals surface area contributed by atoms with E-state index in [2.05, 4.69) is 5.32 Å². The van der Waals surface area contributed by atoms with E-state index in [4.69, 9.17) is 0 Å². The summed E-state index contributed by atoms with van der Waals surface area (Å²) >= 11 is 0. The number of nitrogens with one attached hydrogen (secondary N) is 1. The lowest BCUT2D eigenvalue weighted by molar-refractivity contribution is -0.126. The molecule has 1 aromatic carbocycles. The Morgan fingerprint density at radius 3 is 2.32 bits per heavy atom. The molecule has 2 N–H and O–H groups in total. The number of carbonyl (C=O) groups excluding carboxylic acids is 1. The van der Waals surface area contributed by atoms with Crippen LogP contribution in [0.15, 0.2) is 30.3 Å². The van der Waals surface area contributed by atoms with Gasteiger partial charge in [0.25, 0.3) is 0 Å². The summed E-state index contributed by atoms with van der Waals surface area (Å²) in [5, 5.41) is 13.0. The van der Waals surface area contributed by atoms with E-state index in [0.717, 1.165) is 18.4 Å². The molecule has 0 heterocycles. The van der Waals surface area contributed by atoms with Gasteiger partial charge in [-0.15, -0.1) is 0 Å². The molecular formula is C16H25NO2. The van der Waals surface area contributed by atoms with Crippen LogP contribution in [0, 0.1) is 5.92 Å². The maximum atomic E-state index is 12.0. The zero-order valence-electron chi connectivity index (χ0n) is 12.1. The SMILES string of the molecule is CCC(CC)C(=O)NC(C)C(O)Cc1ccccc1. The smallest absolute Gasteiger partial charge is 0.223 e. The summed E-state index contributed by atoms with van der Waals surface area (Å²) in [5.74, 6) is 0.0935. The van der Waals surface area contributed by atoms with Gasteiger partial charge in [-0.3, -0.25) is 4.79 Å². The quantitative estimate of drug-likeness (QED) is 0.794. The lowest BCUT2D eigenvalue weighted by Crippen LogP contribution is -2.44. The van der Waals surface area contributed by atoms with E-state index < -0.39 is 6.10 Å². The Bertz CT molecular complexity index is 374. The Morgan fingerprint density at radius 1 is 1.21 bits per heavy atom. The second kappa shape index (κ2) is 7.95. The van der Waals surface area contributed by atoms with Gasteiger partial charge in [-0.2, -0.15) is 0 Å². The van der Waals surface area contributed by atoms with Crippen molar-refractivity contribution in [3.05, 3.63) is 35.9 Å². The third-order valence-electron chi connectivity index (χ3n) is 3.59. The Balaban J connectivity index is 2.48. The Labute approximate surface area is 116 Å². The molecule has 0 aliphatic heterocycles. The van der Waals surface area contributed by atoms with E-state index in [9.17, 15) is 9.90 Å². The molecule has 0 aliphatic carbocycles. The molecular weight excluding hydrogens is 238 g/mol. The van der Waals surface area contributed by atoms with E-state index in [1.807, 2.05) is 51.1 Å². The third-order valence-corrected chi connectivity index (χ3v) is 3.59. The van der Waals surface area contributed by atoms with Gasteiger partial charge in [0.1, 0.15) is 0 Å². The molecule has 0 saturated heterocycles. The van der Waals surface area contributed by atoms with E-state index >= 15 is 0 Å². The maximum Gasteiger partial charge on any atom is 0.223 e. The highest BCUT2D eigenvalue weighted by Gasteiger charge is 2.20. The van der Waals surface area contributed by atoms with Crippen molar-refractivity contribution in [3.8, 4) is 0 Å². The minimum atomic E-state index is -0.555. The van der Waals surface area contributed by atoms with Gasteiger partial charge in [-0.05, 0) is 25.3 Å². The third kappa shape index (κ3) is 5.03. The fourth-order valence-electron chi connectivity index (χ4n) is 2.13. The molecule has 1 rings (SSSR count). The summed E-state index contributed by atoms with van der Waals surface area (Å²) in [5.41, 5.74) is 1.08. The van der Waals surface area contributed by atoms with Gasteiger partial charge in [0, 0.05) is 12.3 Å². The zero-order chi connectivity index (χ0) is 14.3. The highest BCUT2D eigenvalue weighted by Crippen LogP contribution is 2.10. The molecule has 0 aliphatic rings. The average molecular weight is 263 g/mol. The van der Waals surface area contributed by atoms with Gasteiger partial charge in [0.15, 0.2) is 0 Å². The average Bonchev–Trinajstić information content (AvgIpc) is 2.41. The molecule has 3 heteroatoms. The molecule has 2 unspecified atom stereocenters. The van der Waals surface area contributed by atoms with Crippen molar-refractivity contribution in [2.45, 2.75) is 52.2 Å². The maximum absolute atomic E-state index is 12.0. The van der Waals surface area contributed by atoms with Crippen LogP contribution in [-0.4, -0.2) is 23.2 Å². The first-order valence-corrected chi connectivity index (χ1v) is 7.10. The van der Waals surface area contributed by atoms with Crippen LogP contribution >= 0.6 is 0 Å². The minimum absolute atomic E-state index is 0.0459. The first-order valence-electron chi connectivity index (χ1n) is 7.10. The Morgan fingerprint density at radius 2 is 1.79 bits per heavy atom. The number of aliphatic hydroxyl groups is 1. The lowest BCUT2D eigenvalue weighted by atomic mass is 10.00. The monoisotopic (exact) mass is 263 g/mol. The van der Waals surface area contributed by atoms with Gasteiger partial charge in [0.05, 0.1) is 12.1 Å². The number of aliphatic hydroxyl groups excluding tert-OH is 1. The largest absolute Gasteiger partial charge is 0.391 e. The predicted octanol–water partition coefficient (Wildman–Crippen LogP) is 2.53. The van der Waals surface area contributed by atoms with E-state index in [1.165, 1.54) is 0 Å². The summed E-state index contributed by atoms with van der Waals surface area (Å²) in [6, 6.07) is 9.60. The molecule has 3 nitrogen and oxygen atoms in total. The Hall–Kier alpha value is -1.35. The van der Waals surface area contributed by atoms with Crippen LogP contribution in [0.25, 0.3) is 0 Å². The van der Waals surface area contributed by atoms with Crippen molar-refractivity contribution in [1.82, 2.24) is 5.32 Å². The van der Waals surface area contributed by atoms with Gasteiger partial charge in [-0.25, -0.2) is 0 Å². The normalized spacial score (nSPS) is 14.2. The molecule has 1 aromatic rings. The number of benzene rings is 1. The standard InChI is InChI=1S/C16H25NO2/c1-4-14(5-2)16(19)17-12(3)15(18)11-13-9-7-6-8-10-13/h6-10,12,14-15,18H,4-5,11H2,1-3H3,(H,17,19). The molecule has 0 spiro atoms. The van der Waals surface area contributed by atoms with Crippen LogP contribution in [-0.2, 0) is 11.2 Å². The molecule has 0 aromatic heterocycles. The highest BCUT2D eigenvalue weighted by atomic mass is 16.3. The molecule has 106 valence electrons. The molecule has 1 amide bonds. The van der Waals surface area contributed by atoms with E-state index in [0.29, 0.717) is 6.42 Å². The number of hydrogen-bond acceptors (Lipinski definition) is 2. The predicted molar refractivity (Wildman–Crippen MR) is 77.8 cm³/mol. The topological polar surface area (TPSA) is 49.3 Å². The van der Waals surface area contributed by atoms with Crippen molar-refractivity contribution in [3.63, 3.8) is 0 Å². The van der Waals surface area contributed by atoms with Crippen molar-refractivity contribution < 1.29 is 9.90 Å².